The van der Waals surface area contributed by atoms with Crippen LogP contribution in [-0.2, 0) is 34.0 Å². The maximum Gasteiger partial charge on any atom is 0.348 e. The Morgan fingerprint density at radius 2 is 1.81 bits per heavy atom. The minimum Gasteiger partial charge on any atom is -0.448 e. The number of carbonyl (C=O) groups is 3. The monoisotopic (exact) mass is 407 g/mol. The van der Waals surface area contributed by atoms with E-state index in [2.05, 4.69) is 5.32 Å². The lowest BCUT2D eigenvalue weighted by molar-refractivity contribution is -0.205. The predicted octanol–water partition coefficient (Wildman–Crippen LogP) is 1.07. The second-order valence-corrected chi connectivity index (χ2v) is 9.61. The molecule has 1 aliphatic heterocycles. The Labute approximate surface area is 159 Å². The van der Waals surface area contributed by atoms with Crippen LogP contribution in [0.3, 0.4) is 0 Å². The minimum absolute atomic E-state index is 0.0481. The van der Waals surface area contributed by atoms with Crippen molar-refractivity contribution in [3.8, 4) is 0 Å². The number of hydrogen-bond acceptors (Lipinski definition) is 7. The molecule has 1 rings (SSSR count). The van der Waals surface area contributed by atoms with Gasteiger partial charge in [0.2, 0.25) is 12.0 Å². The third-order valence-corrected chi connectivity index (χ3v) is 5.02. The first-order valence-corrected chi connectivity index (χ1v) is 10.5. The van der Waals surface area contributed by atoms with Crippen molar-refractivity contribution in [1.29, 1.82) is 0 Å². The highest BCUT2D eigenvalue weighted by Gasteiger charge is 2.47. The molecule has 0 aromatic carbocycles. The van der Waals surface area contributed by atoms with Crippen LogP contribution >= 0.6 is 0 Å². The number of rotatable bonds is 9. The van der Waals surface area contributed by atoms with Crippen LogP contribution in [0.25, 0.3) is 0 Å². The zero-order chi connectivity index (χ0) is 21.0. The standard InChI is InChI=1S/C17H29NO8S/c1-10(2)8-13-15(20)26-14(16(21)25-13)17(4,5)9-12(18-11(3)19)6-7-27(22,23)24/h10,12-14H,6-9H2,1-5H3,(H,18,19)(H,22,23,24). The van der Waals surface area contributed by atoms with E-state index in [1.54, 1.807) is 13.8 Å². The average Bonchev–Trinajstić information content (AvgIpc) is 2.46. The summed E-state index contributed by atoms with van der Waals surface area (Å²) in [7, 11) is -4.20. The summed E-state index contributed by atoms with van der Waals surface area (Å²) in [5.41, 5.74) is -0.929. The van der Waals surface area contributed by atoms with E-state index in [9.17, 15) is 22.8 Å². The van der Waals surface area contributed by atoms with Gasteiger partial charge in [0.15, 0.2) is 6.10 Å². The summed E-state index contributed by atoms with van der Waals surface area (Å²) in [6.45, 7) is 8.39. The normalized spacial score (nSPS) is 22.2. The SMILES string of the molecule is CC(=O)NC(CCS(=O)(=O)O)CC(C)(C)C1OC(=O)C(CC(C)C)OC1=O. The molecule has 3 unspecified atom stereocenters. The molecule has 1 heterocycles. The topological polar surface area (TPSA) is 136 Å². The van der Waals surface area contributed by atoms with E-state index in [-0.39, 0.29) is 24.7 Å². The summed E-state index contributed by atoms with van der Waals surface area (Å²) in [6.07, 6.45) is -1.65. The quantitative estimate of drug-likeness (QED) is 0.428. The number of esters is 2. The van der Waals surface area contributed by atoms with Crippen molar-refractivity contribution in [2.75, 3.05) is 5.75 Å². The van der Waals surface area contributed by atoms with Crippen molar-refractivity contribution in [3.63, 3.8) is 0 Å². The van der Waals surface area contributed by atoms with Crippen LogP contribution in [-0.4, -0.2) is 54.8 Å². The van der Waals surface area contributed by atoms with Crippen LogP contribution < -0.4 is 5.32 Å². The van der Waals surface area contributed by atoms with Crippen molar-refractivity contribution in [3.05, 3.63) is 0 Å². The average molecular weight is 407 g/mol. The number of carbonyl (C=O) groups excluding carboxylic acids is 3. The van der Waals surface area contributed by atoms with Gasteiger partial charge in [-0.15, -0.1) is 0 Å². The first-order chi connectivity index (χ1) is 12.2. The lowest BCUT2D eigenvalue weighted by atomic mass is 9.79. The largest absolute Gasteiger partial charge is 0.448 e. The van der Waals surface area contributed by atoms with E-state index in [0.717, 1.165) is 0 Å². The molecular formula is C17H29NO8S. The molecule has 0 radical (unpaired) electrons. The van der Waals surface area contributed by atoms with Gasteiger partial charge < -0.3 is 14.8 Å². The van der Waals surface area contributed by atoms with E-state index in [1.807, 2.05) is 13.8 Å². The number of ether oxygens (including phenoxy) is 2. The van der Waals surface area contributed by atoms with Crippen molar-refractivity contribution < 1.29 is 36.8 Å². The maximum absolute atomic E-state index is 12.4. The highest BCUT2D eigenvalue weighted by atomic mass is 32.2. The van der Waals surface area contributed by atoms with Crippen molar-refractivity contribution in [2.24, 2.45) is 11.3 Å². The minimum atomic E-state index is -4.20. The molecule has 0 aromatic rings. The van der Waals surface area contributed by atoms with Crippen molar-refractivity contribution >= 4 is 28.0 Å². The number of nitrogens with one attached hydrogen (secondary N) is 1. The second kappa shape index (κ2) is 9.01. The van der Waals surface area contributed by atoms with Gasteiger partial charge >= 0.3 is 11.9 Å². The van der Waals surface area contributed by atoms with Gasteiger partial charge in [-0.05, 0) is 25.2 Å². The highest BCUT2D eigenvalue weighted by molar-refractivity contribution is 7.85. The van der Waals surface area contributed by atoms with Crippen molar-refractivity contribution in [1.82, 2.24) is 5.32 Å². The molecule has 0 aliphatic carbocycles. The summed E-state index contributed by atoms with van der Waals surface area (Å²) in [6, 6.07) is -0.640. The Kier molecular flexibility index (Phi) is 7.79. The van der Waals surface area contributed by atoms with Crippen LogP contribution in [0.4, 0.5) is 0 Å². The fraction of sp³-hybridized carbons (Fsp3) is 0.824. The van der Waals surface area contributed by atoms with Crippen LogP contribution in [0.5, 0.6) is 0 Å². The van der Waals surface area contributed by atoms with Gasteiger partial charge in [0.05, 0.1) is 5.75 Å². The molecule has 0 aromatic heterocycles. The molecule has 0 saturated carbocycles. The van der Waals surface area contributed by atoms with Gasteiger partial charge in [0.1, 0.15) is 0 Å². The molecule has 1 aliphatic rings. The molecule has 27 heavy (non-hydrogen) atoms. The third-order valence-electron chi connectivity index (χ3n) is 4.27. The van der Waals surface area contributed by atoms with Crippen molar-refractivity contribution in [2.45, 2.75) is 72.1 Å². The zero-order valence-electron chi connectivity index (χ0n) is 16.4. The Morgan fingerprint density at radius 3 is 2.30 bits per heavy atom. The Bertz CT molecular complexity index is 670. The summed E-state index contributed by atoms with van der Waals surface area (Å²) < 4.78 is 41.5. The molecule has 0 spiro atoms. The van der Waals surface area contributed by atoms with Gasteiger partial charge in [0.25, 0.3) is 10.1 Å². The smallest absolute Gasteiger partial charge is 0.348 e. The lowest BCUT2D eigenvalue weighted by Gasteiger charge is -2.39. The lowest BCUT2D eigenvalue weighted by Crippen LogP contribution is -2.52. The van der Waals surface area contributed by atoms with Gasteiger partial charge in [-0.3, -0.25) is 9.35 Å². The van der Waals surface area contributed by atoms with Gasteiger partial charge in [0, 0.05) is 18.4 Å². The fourth-order valence-electron chi connectivity index (χ4n) is 3.09. The number of hydrogen-bond donors (Lipinski definition) is 2. The summed E-state index contributed by atoms with van der Waals surface area (Å²) in [5, 5.41) is 2.60. The van der Waals surface area contributed by atoms with E-state index < -0.39 is 51.5 Å². The third kappa shape index (κ3) is 7.84. The zero-order valence-corrected chi connectivity index (χ0v) is 17.2. The second-order valence-electron chi connectivity index (χ2n) is 8.04. The molecule has 1 amide bonds. The van der Waals surface area contributed by atoms with Crippen LogP contribution in [0, 0.1) is 11.3 Å². The van der Waals surface area contributed by atoms with E-state index in [1.165, 1.54) is 6.92 Å². The molecule has 9 nitrogen and oxygen atoms in total. The first-order valence-electron chi connectivity index (χ1n) is 8.84. The van der Waals surface area contributed by atoms with Crippen LogP contribution in [0.15, 0.2) is 0 Å². The van der Waals surface area contributed by atoms with Gasteiger partial charge in [-0.2, -0.15) is 8.42 Å². The molecule has 0 bridgehead atoms. The van der Waals surface area contributed by atoms with Crippen LogP contribution in [0.1, 0.15) is 53.9 Å². The number of amides is 1. The van der Waals surface area contributed by atoms with E-state index in [4.69, 9.17) is 14.0 Å². The molecule has 3 atom stereocenters. The molecule has 1 fully saturated rings. The molecule has 10 heteroatoms. The first kappa shape index (κ1) is 23.4. The Morgan fingerprint density at radius 1 is 1.22 bits per heavy atom. The maximum atomic E-state index is 12.4. The number of cyclic esters (lactones) is 2. The highest BCUT2D eigenvalue weighted by Crippen LogP contribution is 2.34. The molecule has 2 N–H and O–H groups in total. The van der Waals surface area contributed by atoms with E-state index in [0.29, 0.717) is 6.42 Å². The summed E-state index contributed by atoms with van der Waals surface area (Å²) in [4.78, 5) is 36.0. The van der Waals surface area contributed by atoms with Crippen LogP contribution in [0.2, 0.25) is 0 Å². The molecule has 1 saturated heterocycles. The van der Waals surface area contributed by atoms with E-state index >= 15 is 0 Å². The Hall–Kier alpha value is -1.68. The summed E-state index contributed by atoms with van der Waals surface area (Å²) in [5.74, 6) is -2.06. The molecule has 156 valence electrons. The fourth-order valence-corrected chi connectivity index (χ4v) is 3.67. The molecular weight excluding hydrogens is 378 g/mol. The van der Waals surface area contributed by atoms with Gasteiger partial charge in [-0.1, -0.05) is 27.7 Å². The van der Waals surface area contributed by atoms with Gasteiger partial charge in [-0.25, -0.2) is 9.59 Å². The Balaban J connectivity index is 2.87. The summed E-state index contributed by atoms with van der Waals surface area (Å²) >= 11 is 0. The predicted molar refractivity (Wildman–Crippen MR) is 96.3 cm³/mol.